The van der Waals surface area contributed by atoms with Gasteiger partial charge in [0.1, 0.15) is 17.2 Å². The summed E-state index contributed by atoms with van der Waals surface area (Å²) in [5.41, 5.74) is 1.78. The molecule has 0 aliphatic heterocycles. The third kappa shape index (κ3) is 1.48. The van der Waals surface area contributed by atoms with Crippen LogP contribution in [-0.4, -0.2) is 4.98 Å². The standard InChI is InChI=1S/C9H6F3N3/c10-5-3-6(11)8(12)9-4(5)1-2-7(14-9)15-13/h1-3H,13H2,(H,14,15). The van der Waals surface area contributed by atoms with Crippen molar-refractivity contribution in [3.8, 4) is 0 Å². The largest absolute Gasteiger partial charge is 0.308 e. The molecule has 78 valence electrons. The lowest BCUT2D eigenvalue weighted by Crippen LogP contribution is -2.08. The van der Waals surface area contributed by atoms with E-state index < -0.39 is 17.5 Å². The lowest BCUT2D eigenvalue weighted by atomic mass is 10.2. The maximum Gasteiger partial charge on any atom is 0.185 e. The van der Waals surface area contributed by atoms with E-state index in [1.54, 1.807) is 0 Å². The molecule has 2 aromatic rings. The quantitative estimate of drug-likeness (QED) is 0.432. The van der Waals surface area contributed by atoms with E-state index >= 15 is 0 Å². The number of hydrogen-bond donors (Lipinski definition) is 2. The van der Waals surface area contributed by atoms with Crippen molar-refractivity contribution in [3.05, 3.63) is 35.7 Å². The van der Waals surface area contributed by atoms with E-state index in [1.807, 2.05) is 0 Å². The molecule has 0 radical (unpaired) electrons. The lowest BCUT2D eigenvalue weighted by molar-refractivity contribution is 0.504. The van der Waals surface area contributed by atoms with E-state index in [0.29, 0.717) is 6.07 Å². The Hall–Kier alpha value is -1.82. The Labute approximate surface area is 82.7 Å². The molecule has 0 spiro atoms. The molecular weight excluding hydrogens is 207 g/mol. The van der Waals surface area contributed by atoms with E-state index in [0.717, 1.165) is 0 Å². The van der Waals surface area contributed by atoms with Crippen LogP contribution in [0.15, 0.2) is 18.2 Å². The molecule has 3 nitrogen and oxygen atoms in total. The molecule has 1 heterocycles. The summed E-state index contributed by atoms with van der Waals surface area (Å²) < 4.78 is 39.2. The number of rotatable bonds is 1. The van der Waals surface area contributed by atoms with Gasteiger partial charge in [0.05, 0.1) is 0 Å². The van der Waals surface area contributed by atoms with Crippen LogP contribution in [0.3, 0.4) is 0 Å². The molecule has 0 unspecified atom stereocenters. The van der Waals surface area contributed by atoms with Crippen LogP contribution in [-0.2, 0) is 0 Å². The number of hydrazine groups is 1. The number of hydrogen-bond acceptors (Lipinski definition) is 3. The SMILES string of the molecule is NNc1ccc2c(F)cc(F)c(F)c2n1. The van der Waals surface area contributed by atoms with Gasteiger partial charge in [-0.2, -0.15) is 0 Å². The number of fused-ring (bicyclic) bond motifs is 1. The summed E-state index contributed by atoms with van der Waals surface area (Å²) in [4.78, 5) is 3.62. The van der Waals surface area contributed by atoms with E-state index in [4.69, 9.17) is 5.84 Å². The van der Waals surface area contributed by atoms with Crippen molar-refractivity contribution in [1.29, 1.82) is 0 Å². The van der Waals surface area contributed by atoms with E-state index in [2.05, 4.69) is 10.4 Å². The smallest absolute Gasteiger partial charge is 0.185 e. The molecule has 15 heavy (non-hydrogen) atoms. The highest BCUT2D eigenvalue weighted by Crippen LogP contribution is 2.23. The Morgan fingerprint density at radius 3 is 2.53 bits per heavy atom. The van der Waals surface area contributed by atoms with Crippen LogP contribution in [0, 0.1) is 17.5 Å². The fourth-order valence-corrected chi connectivity index (χ4v) is 1.27. The van der Waals surface area contributed by atoms with Gasteiger partial charge in [-0.15, -0.1) is 0 Å². The van der Waals surface area contributed by atoms with Crippen molar-refractivity contribution in [2.75, 3.05) is 5.43 Å². The van der Waals surface area contributed by atoms with E-state index in [-0.39, 0.29) is 16.7 Å². The zero-order valence-electron chi connectivity index (χ0n) is 7.39. The second kappa shape index (κ2) is 3.39. The first kappa shape index (κ1) is 9.72. The Morgan fingerprint density at radius 1 is 1.13 bits per heavy atom. The van der Waals surface area contributed by atoms with Gasteiger partial charge in [-0.1, -0.05) is 0 Å². The average Bonchev–Trinajstić information content (AvgIpc) is 2.25. The van der Waals surface area contributed by atoms with Gasteiger partial charge < -0.3 is 5.43 Å². The van der Waals surface area contributed by atoms with Crippen LogP contribution in [0.2, 0.25) is 0 Å². The van der Waals surface area contributed by atoms with Crippen LogP contribution >= 0.6 is 0 Å². The first-order valence-corrected chi connectivity index (χ1v) is 4.04. The highest BCUT2D eigenvalue weighted by atomic mass is 19.2. The number of nitrogens with zero attached hydrogens (tertiary/aromatic N) is 1. The van der Waals surface area contributed by atoms with E-state index in [1.165, 1.54) is 12.1 Å². The maximum atomic E-state index is 13.2. The Kier molecular flexibility index (Phi) is 2.20. The zero-order valence-corrected chi connectivity index (χ0v) is 7.39. The topological polar surface area (TPSA) is 50.9 Å². The van der Waals surface area contributed by atoms with Crippen LogP contribution in [0.25, 0.3) is 10.9 Å². The Balaban J connectivity index is 2.85. The number of nitrogen functional groups attached to an aromatic ring is 1. The minimum atomic E-state index is -1.28. The second-order valence-corrected chi connectivity index (χ2v) is 2.89. The van der Waals surface area contributed by atoms with Crippen LogP contribution in [0.4, 0.5) is 19.0 Å². The maximum absolute atomic E-state index is 13.2. The average molecular weight is 213 g/mol. The Morgan fingerprint density at radius 2 is 1.87 bits per heavy atom. The summed E-state index contributed by atoms with van der Waals surface area (Å²) in [7, 11) is 0. The lowest BCUT2D eigenvalue weighted by Gasteiger charge is -2.04. The van der Waals surface area contributed by atoms with Gasteiger partial charge in [0.15, 0.2) is 11.6 Å². The minimum absolute atomic E-state index is 0.0899. The summed E-state index contributed by atoms with van der Waals surface area (Å²) in [5, 5.41) is -0.0899. The van der Waals surface area contributed by atoms with Crippen molar-refractivity contribution in [2.45, 2.75) is 0 Å². The number of pyridine rings is 1. The number of nitrogens with two attached hydrogens (primary N) is 1. The molecule has 2 rings (SSSR count). The summed E-state index contributed by atoms with van der Waals surface area (Å²) >= 11 is 0. The summed E-state index contributed by atoms with van der Waals surface area (Å²) in [5.74, 6) is 1.85. The molecule has 3 N–H and O–H groups in total. The van der Waals surface area contributed by atoms with E-state index in [9.17, 15) is 13.2 Å². The van der Waals surface area contributed by atoms with Gasteiger partial charge in [0.25, 0.3) is 0 Å². The molecule has 1 aromatic heterocycles. The molecular formula is C9H6F3N3. The summed E-state index contributed by atoms with van der Waals surface area (Å²) in [6.45, 7) is 0. The summed E-state index contributed by atoms with van der Waals surface area (Å²) in [6.07, 6.45) is 0. The predicted octanol–water partition coefficient (Wildman–Crippen LogP) is 1.94. The molecule has 1 aromatic carbocycles. The monoisotopic (exact) mass is 213 g/mol. The molecule has 0 atom stereocenters. The fraction of sp³-hybridized carbons (Fsp3) is 0. The highest BCUT2D eigenvalue weighted by Gasteiger charge is 2.13. The molecule has 6 heteroatoms. The zero-order chi connectivity index (χ0) is 11.0. The first-order valence-electron chi connectivity index (χ1n) is 4.04. The van der Waals surface area contributed by atoms with Crippen molar-refractivity contribution in [1.82, 2.24) is 4.98 Å². The number of halogens is 3. The number of anilines is 1. The summed E-state index contributed by atoms with van der Waals surface area (Å²) in [6, 6.07) is 3.12. The van der Waals surface area contributed by atoms with Gasteiger partial charge in [-0.25, -0.2) is 24.0 Å². The molecule has 0 saturated heterocycles. The number of nitrogens with one attached hydrogen (secondary N) is 1. The molecule has 0 bridgehead atoms. The molecule has 0 fully saturated rings. The molecule has 0 saturated carbocycles. The second-order valence-electron chi connectivity index (χ2n) is 2.89. The van der Waals surface area contributed by atoms with Gasteiger partial charge in [-0.3, -0.25) is 0 Å². The minimum Gasteiger partial charge on any atom is -0.308 e. The van der Waals surface area contributed by atoms with Crippen molar-refractivity contribution >= 4 is 16.7 Å². The van der Waals surface area contributed by atoms with Crippen molar-refractivity contribution < 1.29 is 13.2 Å². The van der Waals surface area contributed by atoms with Gasteiger partial charge in [0, 0.05) is 11.5 Å². The third-order valence-corrected chi connectivity index (χ3v) is 1.97. The predicted molar refractivity (Wildman–Crippen MR) is 49.4 cm³/mol. The molecule has 0 aliphatic rings. The number of benzene rings is 1. The Bertz CT molecular complexity index is 527. The molecule has 0 aliphatic carbocycles. The van der Waals surface area contributed by atoms with Gasteiger partial charge in [0.2, 0.25) is 0 Å². The number of aromatic nitrogens is 1. The van der Waals surface area contributed by atoms with Crippen LogP contribution in [0.5, 0.6) is 0 Å². The van der Waals surface area contributed by atoms with Crippen LogP contribution in [0.1, 0.15) is 0 Å². The molecule has 0 amide bonds. The normalized spacial score (nSPS) is 10.7. The van der Waals surface area contributed by atoms with Crippen molar-refractivity contribution in [3.63, 3.8) is 0 Å². The van der Waals surface area contributed by atoms with Gasteiger partial charge >= 0.3 is 0 Å². The van der Waals surface area contributed by atoms with Crippen molar-refractivity contribution in [2.24, 2.45) is 5.84 Å². The highest BCUT2D eigenvalue weighted by molar-refractivity contribution is 5.81. The third-order valence-electron chi connectivity index (χ3n) is 1.97. The fourth-order valence-electron chi connectivity index (χ4n) is 1.27. The van der Waals surface area contributed by atoms with Gasteiger partial charge in [-0.05, 0) is 12.1 Å². The first-order chi connectivity index (χ1) is 7.13. The van der Waals surface area contributed by atoms with Crippen LogP contribution < -0.4 is 11.3 Å².